The van der Waals surface area contributed by atoms with Gasteiger partial charge in [0.15, 0.2) is 5.58 Å². The second-order valence-electron chi connectivity index (χ2n) is 5.54. The molecule has 0 bridgehead atoms. The minimum atomic E-state index is 0.395. The second-order valence-corrected chi connectivity index (χ2v) is 5.54. The van der Waals surface area contributed by atoms with Crippen LogP contribution in [-0.2, 0) is 6.54 Å². The van der Waals surface area contributed by atoms with E-state index in [0.717, 1.165) is 36.6 Å². The molecule has 0 aliphatic carbocycles. The summed E-state index contributed by atoms with van der Waals surface area (Å²) in [6.45, 7) is 1.88. The molecular weight excluding hydrogens is 264 g/mol. The van der Waals surface area contributed by atoms with E-state index in [1.165, 1.54) is 12.8 Å². The molecule has 4 rings (SSSR count). The third kappa shape index (κ3) is 2.39. The summed E-state index contributed by atoms with van der Waals surface area (Å²) in [6, 6.07) is 11.0. The highest BCUT2D eigenvalue weighted by Gasteiger charge is 2.26. The zero-order chi connectivity index (χ0) is 14.1. The average Bonchev–Trinajstić information content (AvgIpc) is 3.16. The van der Waals surface area contributed by atoms with Crippen LogP contribution in [0.5, 0.6) is 0 Å². The summed E-state index contributed by atoms with van der Waals surface area (Å²) in [6.07, 6.45) is 7.43. The van der Waals surface area contributed by atoms with Crippen LogP contribution in [0, 0.1) is 0 Å². The number of oxazole rings is 1. The van der Waals surface area contributed by atoms with Crippen LogP contribution >= 0.6 is 0 Å². The van der Waals surface area contributed by atoms with Gasteiger partial charge >= 0.3 is 0 Å². The SMILES string of the molecule is c1ccc2oc(N3CCCC[C@H]3Cn3cccn3)nc2c1. The van der Waals surface area contributed by atoms with Crippen molar-refractivity contribution in [3.63, 3.8) is 0 Å². The van der Waals surface area contributed by atoms with E-state index in [9.17, 15) is 0 Å². The first kappa shape index (κ1) is 12.4. The van der Waals surface area contributed by atoms with E-state index < -0.39 is 0 Å². The first-order valence-corrected chi connectivity index (χ1v) is 7.50. The number of aromatic nitrogens is 3. The first-order valence-electron chi connectivity index (χ1n) is 7.50. The lowest BCUT2D eigenvalue weighted by Crippen LogP contribution is -2.42. The highest BCUT2D eigenvalue weighted by Crippen LogP contribution is 2.28. The molecule has 0 amide bonds. The van der Waals surface area contributed by atoms with Crippen molar-refractivity contribution in [3.05, 3.63) is 42.7 Å². The molecule has 0 radical (unpaired) electrons. The van der Waals surface area contributed by atoms with Gasteiger partial charge in [0.1, 0.15) is 5.52 Å². The fraction of sp³-hybridized carbons (Fsp3) is 0.375. The number of rotatable bonds is 3. The summed E-state index contributed by atoms with van der Waals surface area (Å²) in [7, 11) is 0. The number of benzene rings is 1. The fourth-order valence-corrected chi connectivity index (χ4v) is 3.05. The van der Waals surface area contributed by atoms with E-state index in [0.29, 0.717) is 6.04 Å². The zero-order valence-corrected chi connectivity index (χ0v) is 11.9. The molecule has 21 heavy (non-hydrogen) atoms. The Morgan fingerprint density at radius 3 is 3.00 bits per heavy atom. The Morgan fingerprint density at radius 1 is 1.19 bits per heavy atom. The van der Waals surface area contributed by atoms with E-state index in [1.54, 1.807) is 0 Å². The number of hydrogen-bond donors (Lipinski definition) is 0. The first-order chi connectivity index (χ1) is 10.4. The van der Waals surface area contributed by atoms with E-state index in [4.69, 9.17) is 4.42 Å². The summed E-state index contributed by atoms with van der Waals surface area (Å²) in [4.78, 5) is 6.94. The molecule has 1 fully saturated rings. The molecule has 1 aromatic carbocycles. The molecule has 1 saturated heterocycles. The maximum atomic E-state index is 5.94. The molecule has 5 nitrogen and oxygen atoms in total. The zero-order valence-electron chi connectivity index (χ0n) is 11.9. The van der Waals surface area contributed by atoms with Crippen LogP contribution in [-0.4, -0.2) is 27.4 Å². The van der Waals surface area contributed by atoms with Gasteiger partial charge in [-0.1, -0.05) is 12.1 Å². The van der Waals surface area contributed by atoms with Gasteiger partial charge in [0.25, 0.3) is 6.01 Å². The Bertz CT molecular complexity index is 686. The Morgan fingerprint density at radius 2 is 2.14 bits per heavy atom. The van der Waals surface area contributed by atoms with Crippen molar-refractivity contribution in [2.45, 2.75) is 31.8 Å². The average molecular weight is 282 g/mol. The van der Waals surface area contributed by atoms with Crippen molar-refractivity contribution < 1.29 is 4.42 Å². The fourth-order valence-electron chi connectivity index (χ4n) is 3.05. The van der Waals surface area contributed by atoms with Crippen LogP contribution in [0.25, 0.3) is 11.1 Å². The maximum absolute atomic E-state index is 5.94. The number of fused-ring (bicyclic) bond motifs is 1. The largest absolute Gasteiger partial charge is 0.423 e. The topological polar surface area (TPSA) is 47.1 Å². The summed E-state index contributed by atoms with van der Waals surface area (Å²) >= 11 is 0. The van der Waals surface area contributed by atoms with Crippen LogP contribution in [0.15, 0.2) is 47.1 Å². The second kappa shape index (κ2) is 5.24. The Kier molecular flexibility index (Phi) is 3.10. The molecule has 0 spiro atoms. The van der Waals surface area contributed by atoms with Gasteiger partial charge in [-0.3, -0.25) is 4.68 Å². The lowest BCUT2D eigenvalue weighted by molar-refractivity contribution is 0.376. The molecule has 2 aromatic heterocycles. The molecule has 3 aromatic rings. The lowest BCUT2D eigenvalue weighted by atomic mass is 10.0. The predicted molar refractivity (Wildman–Crippen MR) is 81.2 cm³/mol. The highest BCUT2D eigenvalue weighted by molar-refractivity contribution is 5.74. The summed E-state index contributed by atoms with van der Waals surface area (Å²) in [5, 5.41) is 4.32. The lowest BCUT2D eigenvalue weighted by Gasteiger charge is -2.34. The minimum absolute atomic E-state index is 0.395. The summed E-state index contributed by atoms with van der Waals surface area (Å²) in [5.74, 6) is 0. The highest BCUT2D eigenvalue weighted by atomic mass is 16.4. The normalized spacial score (nSPS) is 19.2. The summed E-state index contributed by atoms with van der Waals surface area (Å²) < 4.78 is 7.93. The Hall–Kier alpha value is -2.30. The van der Waals surface area contributed by atoms with Crippen molar-refractivity contribution in [1.82, 2.24) is 14.8 Å². The van der Waals surface area contributed by atoms with E-state index in [2.05, 4.69) is 15.0 Å². The Balaban J connectivity index is 1.63. The van der Waals surface area contributed by atoms with Gasteiger partial charge in [0, 0.05) is 18.9 Å². The van der Waals surface area contributed by atoms with E-state index in [-0.39, 0.29) is 0 Å². The molecule has 0 saturated carbocycles. The predicted octanol–water partition coefficient (Wildman–Crippen LogP) is 3.08. The Labute approximate surface area is 123 Å². The van der Waals surface area contributed by atoms with Gasteiger partial charge in [-0.25, -0.2) is 0 Å². The third-order valence-corrected chi connectivity index (χ3v) is 4.11. The monoisotopic (exact) mass is 282 g/mol. The molecule has 0 N–H and O–H groups in total. The molecule has 108 valence electrons. The van der Waals surface area contributed by atoms with Crippen molar-refractivity contribution >= 4 is 17.1 Å². The van der Waals surface area contributed by atoms with Crippen molar-refractivity contribution in [3.8, 4) is 0 Å². The van der Waals surface area contributed by atoms with E-state index in [1.807, 2.05) is 47.4 Å². The third-order valence-electron chi connectivity index (χ3n) is 4.11. The molecule has 1 atom stereocenters. The van der Waals surface area contributed by atoms with Gasteiger partial charge in [-0.15, -0.1) is 0 Å². The van der Waals surface area contributed by atoms with Crippen LogP contribution in [0.3, 0.4) is 0 Å². The van der Waals surface area contributed by atoms with E-state index >= 15 is 0 Å². The molecule has 0 unspecified atom stereocenters. The smallest absolute Gasteiger partial charge is 0.298 e. The molecule has 1 aliphatic heterocycles. The maximum Gasteiger partial charge on any atom is 0.298 e. The molecular formula is C16H18N4O. The van der Waals surface area contributed by atoms with Crippen LogP contribution in [0.2, 0.25) is 0 Å². The quantitative estimate of drug-likeness (QED) is 0.740. The van der Waals surface area contributed by atoms with Crippen LogP contribution in [0.1, 0.15) is 19.3 Å². The number of nitrogens with zero attached hydrogens (tertiary/aromatic N) is 4. The van der Waals surface area contributed by atoms with Crippen LogP contribution < -0.4 is 4.90 Å². The number of anilines is 1. The number of piperidine rings is 1. The van der Waals surface area contributed by atoms with Gasteiger partial charge < -0.3 is 9.32 Å². The van der Waals surface area contributed by atoms with Gasteiger partial charge in [0.05, 0.1) is 12.6 Å². The summed E-state index contributed by atoms with van der Waals surface area (Å²) in [5.41, 5.74) is 1.78. The van der Waals surface area contributed by atoms with Crippen LogP contribution in [0.4, 0.5) is 6.01 Å². The van der Waals surface area contributed by atoms with Crippen molar-refractivity contribution in [2.24, 2.45) is 0 Å². The standard InChI is InChI=1S/C16H18N4O/c1-2-8-15-14(7-1)18-16(21-15)20-11-4-3-6-13(20)12-19-10-5-9-17-19/h1-2,5,7-10,13H,3-4,6,11-12H2/t13-/m0/s1. The van der Waals surface area contributed by atoms with Crippen molar-refractivity contribution in [2.75, 3.05) is 11.4 Å². The molecule has 5 heteroatoms. The van der Waals surface area contributed by atoms with Crippen molar-refractivity contribution in [1.29, 1.82) is 0 Å². The number of para-hydroxylation sites is 2. The minimum Gasteiger partial charge on any atom is -0.423 e. The molecule has 1 aliphatic rings. The number of hydrogen-bond acceptors (Lipinski definition) is 4. The van der Waals surface area contributed by atoms with Gasteiger partial charge in [0.2, 0.25) is 0 Å². The van der Waals surface area contributed by atoms with Gasteiger partial charge in [-0.05, 0) is 37.5 Å². The van der Waals surface area contributed by atoms with Gasteiger partial charge in [-0.2, -0.15) is 10.1 Å². The molecule has 3 heterocycles.